The van der Waals surface area contributed by atoms with Crippen LogP contribution in [-0.4, -0.2) is 55.7 Å². The SMILES string of the molecule is CCn1ncnc1C1CN(C(=O)OC(C)(C)C)CC1O. The zero-order valence-corrected chi connectivity index (χ0v) is 12.4. The van der Waals surface area contributed by atoms with Gasteiger partial charge in [0.1, 0.15) is 17.8 Å². The Bertz CT molecular complexity index is 480. The van der Waals surface area contributed by atoms with Gasteiger partial charge >= 0.3 is 6.09 Å². The monoisotopic (exact) mass is 282 g/mol. The van der Waals surface area contributed by atoms with E-state index in [-0.39, 0.29) is 12.5 Å². The molecule has 2 heterocycles. The molecule has 1 aliphatic rings. The van der Waals surface area contributed by atoms with Crippen LogP contribution in [0, 0.1) is 0 Å². The number of aromatic nitrogens is 3. The molecule has 0 saturated carbocycles. The molecule has 2 atom stereocenters. The summed E-state index contributed by atoms with van der Waals surface area (Å²) in [5.41, 5.74) is -0.538. The van der Waals surface area contributed by atoms with Crippen LogP contribution in [0.15, 0.2) is 6.33 Å². The summed E-state index contributed by atoms with van der Waals surface area (Å²) in [4.78, 5) is 17.7. The summed E-state index contributed by atoms with van der Waals surface area (Å²) < 4.78 is 7.07. The fourth-order valence-corrected chi connectivity index (χ4v) is 2.32. The van der Waals surface area contributed by atoms with E-state index in [1.807, 2.05) is 27.7 Å². The average Bonchev–Trinajstić information content (AvgIpc) is 2.92. The van der Waals surface area contributed by atoms with Crippen molar-refractivity contribution in [3.63, 3.8) is 0 Å². The lowest BCUT2D eigenvalue weighted by atomic mass is 10.1. The molecule has 20 heavy (non-hydrogen) atoms. The fraction of sp³-hybridized carbons (Fsp3) is 0.769. The van der Waals surface area contributed by atoms with E-state index in [1.54, 1.807) is 4.68 Å². The number of hydrogen-bond donors (Lipinski definition) is 1. The van der Waals surface area contributed by atoms with Crippen molar-refractivity contribution < 1.29 is 14.6 Å². The Balaban J connectivity index is 2.08. The predicted octanol–water partition coefficient (Wildman–Crippen LogP) is 0.993. The predicted molar refractivity (Wildman–Crippen MR) is 72.3 cm³/mol. The van der Waals surface area contributed by atoms with Crippen molar-refractivity contribution in [3.05, 3.63) is 12.2 Å². The first-order valence-corrected chi connectivity index (χ1v) is 6.85. The van der Waals surface area contributed by atoms with E-state index in [1.165, 1.54) is 11.2 Å². The summed E-state index contributed by atoms with van der Waals surface area (Å²) in [7, 11) is 0. The van der Waals surface area contributed by atoms with Crippen LogP contribution in [0.25, 0.3) is 0 Å². The molecule has 1 amide bonds. The molecule has 0 radical (unpaired) electrons. The van der Waals surface area contributed by atoms with Crippen LogP contribution in [0.4, 0.5) is 4.79 Å². The number of carbonyl (C=O) groups excluding carboxylic acids is 1. The zero-order chi connectivity index (χ0) is 14.9. The van der Waals surface area contributed by atoms with Crippen molar-refractivity contribution in [2.75, 3.05) is 13.1 Å². The van der Waals surface area contributed by atoms with Gasteiger partial charge < -0.3 is 14.7 Å². The smallest absolute Gasteiger partial charge is 0.410 e. The molecular weight excluding hydrogens is 260 g/mol. The van der Waals surface area contributed by atoms with Gasteiger partial charge in [0.15, 0.2) is 0 Å². The van der Waals surface area contributed by atoms with Crippen molar-refractivity contribution in [2.45, 2.75) is 51.9 Å². The lowest BCUT2D eigenvalue weighted by Crippen LogP contribution is -2.35. The van der Waals surface area contributed by atoms with Crippen molar-refractivity contribution >= 4 is 6.09 Å². The van der Waals surface area contributed by atoms with Gasteiger partial charge in [-0.25, -0.2) is 14.5 Å². The number of ether oxygens (including phenoxy) is 1. The zero-order valence-electron chi connectivity index (χ0n) is 12.4. The Hall–Kier alpha value is -1.63. The normalized spacial score (nSPS) is 23.1. The minimum Gasteiger partial charge on any atom is -0.444 e. The molecule has 0 aromatic carbocycles. The summed E-state index contributed by atoms with van der Waals surface area (Å²) in [5.74, 6) is 0.496. The van der Waals surface area contributed by atoms with Gasteiger partial charge in [0, 0.05) is 13.1 Å². The Morgan fingerprint density at radius 1 is 1.50 bits per heavy atom. The van der Waals surface area contributed by atoms with Crippen molar-refractivity contribution in [1.82, 2.24) is 19.7 Å². The summed E-state index contributed by atoms with van der Waals surface area (Å²) >= 11 is 0. The molecule has 7 heteroatoms. The minimum absolute atomic E-state index is 0.218. The highest BCUT2D eigenvalue weighted by Crippen LogP contribution is 2.27. The molecule has 0 spiro atoms. The van der Waals surface area contributed by atoms with Gasteiger partial charge in [-0.15, -0.1) is 0 Å². The van der Waals surface area contributed by atoms with Gasteiger partial charge in [-0.2, -0.15) is 5.10 Å². The second-order valence-corrected chi connectivity index (χ2v) is 5.99. The second-order valence-electron chi connectivity index (χ2n) is 5.99. The van der Waals surface area contributed by atoms with Crippen LogP contribution in [0.3, 0.4) is 0 Å². The Morgan fingerprint density at radius 2 is 2.20 bits per heavy atom. The third kappa shape index (κ3) is 3.09. The van der Waals surface area contributed by atoms with Crippen LogP contribution in [-0.2, 0) is 11.3 Å². The molecule has 2 rings (SSSR count). The summed E-state index contributed by atoms with van der Waals surface area (Å²) in [5, 5.41) is 14.3. The Labute approximate surface area is 118 Å². The largest absolute Gasteiger partial charge is 0.444 e. The molecule has 7 nitrogen and oxygen atoms in total. The lowest BCUT2D eigenvalue weighted by Gasteiger charge is -2.24. The Morgan fingerprint density at radius 3 is 2.80 bits per heavy atom. The number of aliphatic hydroxyl groups excluding tert-OH is 1. The van der Waals surface area contributed by atoms with E-state index < -0.39 is 17.8 Å². The topological polar surface area (TPSA) is 80.5 Å². The molecule has 1 fully saturated rings. The number of amides is 1. The molecule has 1 saturated heterocycles. The number of carbonyl (C=O) groups is 1. The molecule has 2 unspecified atom stereocenters. The van der Waals surface area contributed by atoms with Gasteiger partial charge in [0.25, 0.3) is 0 Å². The van der Waals surface area contributed by atoms with Crippen LogP contribution in [0.2, 0.25) is 0 Å². The van der Waals surface area contributed by atoms with Gasteiger partial charge in [0.2, 0.25) is 0 Å². The highest BCUT2D eigenvalue weighted by molar-refractivity contribution is 5.68. The first-order chi connectivity index (χ1) is 9.31. The highest BCUT2D eigenvalue weighted by Gasteiger charge is 2.39. The van der Waals surface area contributed by atoms with Gasteiger partial charge in [0.05, 0.1) is 18.6 Å². The van der Waals surface area contributed by atoms with Crippen molar-refractivity contribution in [1.29, 1.82) is 0 Å². The molecule has 0 bridgehead atoms. The lowest BCUT2D eigenvalue weighted by molar-refractivity contribution is 0.0270. The van der Waals surface area contributed by atoms with E-state index >= 15 is 0 Å². The number of aliphatic hydroxyl groups is 1. The second kappa shape index (κ2) is 5.40. The molecule has 1 aromatic rings. The number of aryl methyl sites for hydroxylation is 1. The highest BCUT2D eigenvalue weighted by atomic mass is 16.6. The first kappa shape index (κ1) is 14.8. The summed E-state index contributed by atoms with van der Waals surface area (Å²) in [6.07, 6.45) is 0.431. The number of nitrogens with zero attached hydrogens (tertiary/aromatic N) is 4. The molecule has 0 aliphatic carbocycles. The molecule has 1 aromatic heterocycles. The minimum atomic E-state index is -0.642. The third-order valence-electron chi connectivity index (χ3n) is 3.22. The third-order valence-corrected chi connectivity index (χ3v) is 3.22. The van der Waals surface area contributed by atoms with E-state index in [2.05, 4.69) is 10.1 Å². The van der Waals surface area contributed by atoms with Crippen molar-refractivity contribution in [3.8, 4) is 0 Å². The van der Waals surface area contributed by atoms with Gasteiger partial charge in [-0.3, -0.25) is 0 Å². The first-order valence-electron chi connectivity index (χ1n) is 6.85. The average molecular weight is 282 g/mol. The quantitative estimate of drug-likeness (QED) is 0.875. The Kier molecular flexibility index (Phi) is 3.99. The van der Waals surface area contributed by atoms with Crippen molar-refractivity contribution in [2.24, 2.45) is 0 Å². The molecule has 112 valence electrons. The summed E-state index contributed by atoms with van der Waals surface area (Å²) in [6, 6.07) is 0. The van der Waals surface area contributed by atoms with Gasteiger partial charge in [-0.05, 0) is 27.7 Å². The standard InChI is InChI=1S/C13H22N4O3/c1-5-17-11(14-8-15-17)9-6-16(7-10(9)18)12(19)20-13(2,3)4/h8-10,18H,5-7H2,1-4H3. The van der Waals surface area contributed by atoms with Crippen LogP contribution in [0.1, 0.15) is 39.4 Å². The van der Waals surface area contributed by atoms with Crippen LogP contribution < -0.4 is 0 Å². The van der Waals surface area contributed by atoms with E-state index in [4.69, 9.17) is 4.74 Å². The fourth-order valence-electron chi connectivity index (χ4n) is 2.32. The number of β-amino-alcohol motifs (C(OH)–C–C–N with tert-alkyl or cyclic N) is 1. The number of likely N-dealkylation sites (tertiary alicyclic amines) is 1. The molecular formula is C13H22N4O3. The number of hydrogen-bond acceptors (Lipinski definition) is 5. The maximum Gasteiger partial charge on any atom is 0.410 e. The number of rotatable bonds is 2. The van der Waals surface area contributed by atoms with E-state index in [0.29, 0.717) is 18.9 Å². The molecule has 1 aliphatic heterocycles. The van der Waals surface area contributed by atoms with Crippen LogP contribution >= 0.6 is 0 Å². The van der Waals surface area contributed by atoms with E-state index in [9.17, 15) is 9.90 Å². The summed E-state index contributed by atoms with van der Waals surface area (Å²) in [6.45, 7) is 8.77. The van der Waals surface area contributed by atoms with Crippen LogP contribution in [0.5, 0.6) is 0 Å². The molecule has 1 N–H and O–H groups in total. The van der Waals surface area contributed by atoms with E-state index in [0.717, 1.165) is 0 Å². The maximum absolute atomic E-state index is 12.0. The van der Waals surface area contributed by atoms with Gasteiger partial charge in [-0.1, -0.05) is 0 Å². The maximum atomic E-state index is 12.0.